The van der Waals surface area contributed by atoms with Crippen molar-refractivity contribution < 1.29 is 4.74 Å². The molecule has 2 N–H and O–H groups in total. The molecule has 0 aliphatic carbocycles. The second-order valence-corrected chi connectivity index (χ2v) is 5.91. The van der Waals surface area contributed by atoms with E-state index in [-0.39, 0.29) is 11.6 Å². The van der Waals surface area contributed by atoms with Gasteiger partial charge >= 0.3 is 0 Å². The van der Waals surface area contributed by atoms with Gasteiger partial charge in [-0.1, -0.05) is 12.1 Å². The summed E-state index contributed by atoms with van der Waals surface area (Å²) in [7, 11) is 1.64. The molecule has 1 heterocycles. The zero-order chi connectivity index (χ0) is 16.4. The highest BCUT2D eigenvalue weighted by Crippen LogP contribution is 2.24. The van der Waals surface area contributed by atoms with Crippen LogP contribution in [-0.4, -0.2) is 11.7 Å². The number of rotatable bonds is 4. The average Bonchev–Trinajstić information content (AvgIpc) is 2.46. The number of aromatic nitrogens is 1. The van der Waals surface area contributed by atoms with E-state index in [1.807, 2.05) is 58.0 Å². The maximum atomic E-state index is 12.7. The quantitative estimate of drug-likeness (QED) is 0.944. The minimum absolute atomic E-state index is 0.0176. The molecule has 118 valence electrons. The molecule has 0 saturated carbocycles. The van der Waals surface area contributed by atoms with Crippen LogP contribution in [-0.2, 0) is 0 Å². The smallest absolute Gasteiger partial charge is 0.256 e. The first-order valence-corrected chi connectivity index (χ1v) is 7.49. The van der Waals surface area contributed by atoms with Crippen LogP contribution in [0.1, 0.15) is 48.3 Å². The summed E-state index contributed by atoms with van der Waals surface area (Å²) in [6.07, 6.45) is 0. The number of hydrogen-bond acceptors (Lipinski definition) is 3. The Balaban J connectivity index is 2.50. The lowest BCUT2D eigenvalue weighted by atomic mass is 9.98. The van der Waals surface area contributed by atoms with Gasteiger partial charge in [0.25, 0.3) is 5.56 Å². The number of aryl methyl sites for hydroxylation is 2. The maximum absolute atomic E-state index is 12.7. The van der Waals surface area contributed by atoms with E-state index in [0.717, 1.165) is 22.6 Å². The zero-order valence-corrected chi connectivity index (χ0v) is 13.9. The van der Waals surface area contributed by atoms with Crippen molar-refractivity contribution in [2.75, 3.05) is 7.11 Å². The monoisotopic (exact) mass is 300 g/mol. The van der Waals surface area contributed by atoms with E-state index in [1.54, 1.807) is 11.7 Å². The van der Waals surface area contributed by atoms with E-state index in [4.69, 9.17) is 10.5 Å². The topological polar surface area (TPSA) is 57.2 Å². The van der Waals surface area contributed by atoms with Crippen molar-refractivity contribution in [3.05, 3.63) is 63.1 Å². The average molecular weight is 300 g/mol. The first kappa shape index (κ1) is 16.3. The van der Waals surface area contributed by atoms with Crippen LogP contribution in [0.3, 0.4) is 0 Å². The highest BCUT2D eigenvalue weighted by atomic mass is 16.5. The number of ether oxygens (including phenoxy) is 1. The van der Waals surface area contributed by atoms with Crippen molar-refractivity contribution in [1.82, 2.24) is 4.57 Å². The van der Waals surface area contributed by atoms with Gasteiger partial charge in [0.05, 0.1) is 13.2 Å². The summed E-state index contributed by atoms with van der Waals surface area (Å²) in [6, 6.07) is 9.23. The molecule has 1 atom stereocenters. The predicted molar refractivity (Wildman–Crippen MR) is 89.6 cm³/mol. The van der Waals surface area contributed by atoms with Gasteiger partial charge in [0, 0.05) is 17.3 Å². The summed E-state index contributed by atoms with van der Waals surface area (Å²) in [5.41, 5.74) is 9.80. The minimum atomic E-state index is -0.442. The highest BCUT2D eigenvalue weighted by Gasteiger charge is 2.17. The first-order valence-electron chi connectivity index (χ1n) is 7.49. The molecule has 1 unspecified atom stereocenters. The van der Waals surface area contributed by atoms with Gasteiger partial charge in [-0.25, -0.2) is 0 Å². The normalized spacial score (nSPS) is 12.5. The standard InChI is InChI=1S/C18H24N2O2/c1-11(2)20-13(4)6-8-15(18(20)21)17(19)14-7-9-16(22-5)12(3)10-14/h6-11,17H,19H2,1-5H3. The molecule has 4 heteroatoms. The fraction of sp³-hybridized carbons (Fsp3) is 0.389. The summed E-state index contributed by atoms with van der Waals surface area (Å²) in [4.78, 5) is 12.7. The van der Waals surface area contributed by atoms with Gasteiger partial charge in [0.1, 0.15) is 5.75 Å². The van der Waals surface area contributed by atoms with E-state index >= 15 is 0 Å². The Morgan fingerprint density at radius 1 is 1.14 bits per heavy atom. The molecule has 2 aromatic rings. The van der Waals surface area contributed by atoms with Crippen LogP contribution in [0, 0.1) is 13.8 Å². The summed E-state index contributed by atoms with van der Waals surface area (Å²) >= 11 is 0. The Bertz CT molecular complexity index is 732. The maximum Gasteiger partial charge on any atom is 0.256 e. The molecule has 1 aromatic heterocycles. The lowest BCUT2D eigenvalue weighted by Crippen LogP contribution is -2.31. The number of benzene rings is 1. The summed E-state index contributed by atoms with van der Waals surface area (Å²) < 4.78 is 7.05. The number of methoxy groups -OCH3 is 1. The van der Waals surface area contributed by atoms with Crippen LogP contribution in [0.2, 0.25) is 0 Å². The Morgan fingerprint density at radius 3 is 2.36 bits per heavy atom. The van der Waals surface area contributed by atoms with E-state index < -0.39 is 6.04 Å². The Hall–Kier alpha value is -2.07. The summed E-state index contributed by atoms with van der Waals surface area (Å²) in [5, 5.41) is 0. The van der Waals surface area contributed by atoms with Crippen LogP contribution in [0.15, 0.2) is 35.1 Å². The van der Waals surface area contributed by atoms with Crippen molar-refractivity contribution in [1.29, 1.82) is 0 Å². The van der Waals surface area contributed by atoms with Gasteiger partial charge < -0.3 is 15.0 Å². The number of hydrogen-bond donors (Lipinski definition) is 1. The lowest BCUT2D eigenvalue weighted by molar-refractivity contribution is 0.411. The molecule has 0 radical (unpaired) electrons. The molecular weight excluding hydrogens is 276 g/mol. The zero-order valence-electron chi connectivity index (χ0n) is 13.9. The van der Waals surface area contributed by atoms with E-state index in [1.165, 1.54) is 0 Å². The Morgan fingerprint density at radius 2 is 1.82 bits per heavy atom. The third kappa shape index (κ3) is 2.92. The Kier molecular flexibility index (Phi) is 4.71. The van der Waals surface area contributed by atoms with E-state index in [2.05, 4.69) is 0 Å². The summed E-state index contributed by atoms with van der Waals surface area (Å²) in [5.74, 6) is 0.819. The highest BCUT2D eigenvalue weighted by molar-refractivity contribution is 5.40. The number of nitrogens with two attached hydrogens (primary N) is 1. The van der Waals surface area contributed by atoms with Crippen LogP contribution in [0.4, 0.5) is 0 Å². The van der Waals surface area contributed by atoms with Gasteiger partial charge in [-0.15, -0.1) is 0 Å². The van der Waals surface area contributed by atoms with Crippen LogP contribution >= 0.6 is 0 Å². The molecule has 0 spiro atoms. The molecule has 0 saturated heterocycles. The van der Waals surface area contributed by atoms with Gasteiger partial charge in [-0.05, 0) is 57.0 Å². The lowest BCUT2D eigenvalue weighted by Gasteiger charge is -2.19. The Labute approximate surface area is 131 Å². The molecule has 0 fully saturated rings. The number of pyridine rings is 1. The molecular formula is C18H24N2O2. The minimum Gasteiger partial charge on any atom is -0.496 e. The number of nitrogens with zero attached hydrogens (tertiary/aromatic N) is 1. The third-order valence-electron chi connectivity index (χ3n) is 3.98. The molecule has 22 heavy (non-hydrogen) atoms. The van der Waals surface area contributed by atoms with Crippen molar-refractivity contribution in [2.24, 2.45) is 5.73 Å². The molecule has 0 bridgehead atoms. The third-order valence-corrected chi connectivity index (χ3v) is 3.98. The predicted octanol–water partition coefficient (Wildman–Crippen LogP) is 3.10. The van der Waals surface area contributed by atoms with Crippen LogP contribution < -0.4 is 16.0 Å². The molecule has 2 rings (SSSR count). The van der Waals surface area contributed by atoms with Gasteiger partial charge in [0.15, 0.2) is 0 Å². The van der Waals surface area contributed by atoms with Crippen molar-refractivity contribution in [3.8, 4) is 5.75 Å². The molecule has 0 amide bonds. The van der Waals surface area contributed by atoms with E-state index in [9.17, 15) is 4.79 Å². The summed E-state index contributed by atoms with van der Waals surface area (Å²) in [6.45, 7) is 7.91. The van der Waals surface area contributed by atoms with Crippen molar-refractivity contribution >= 4 is 0 Å². The second kappa shape index (κ2) is 6.36. The molecule has 0 aliphatic rings. The molecule has 0 aliphatic heterocycles. The second-order valence-electron chi connectivity index (χ2n) is 5.91. The fourth-order valence-electron chi connectivity index (χ4n) is 2.81. The van der Waals surface area contributed by atoms with Gasteiger partial charge in [0.2, 0.25) is 0 Å². The van der Waals surface area contributed by atoms with E-state index in [0.29, 0.717) is 5.56 Å². The fourth-order valence-corrected chi connectivity index (χ4v) is 2.81. The molecule has 1 aromatic carbocycles. The SMILES string of the molecule is COc1ccc(C(N)c2ccc(C)n(C(C)C)c2=O)cc1C. The first-order chi connectivity index (χ1) is 10.4. The largest absolute Gasteiger partial charge is 0.496 e. The van der Waals surface area contributed by atoms with Crippen molar-refractivity contribution in [3.63, 3.8) is 0 Å². The van der Waals surface area contributed by atoms with Crippen LogP contribution in [0.25, 0.3) is 0 Å². The van der Waals surface area contributed by atoms with Crippen LogP contribution in [0.5, 0.6) is 5.75 Å². The van der Waals surface area contributed by atoms with Crippen molar-refractivity contribution in [2.45, 2.75) is 39.8 Å². The van der Waals surface area contributed by atoms with Gasteiger partial charge in [-0.3, -0.25) is 4.79 Å². The van der Waals surface area contributed by atoms with Gasteiger partial charge in [-0.2, -0.15) is 0 Å². The molecule has 4 nitrogen and oxygen atoms in total.